The van der Waals surface area contributed by atoms with Crippen molar-refractivity contribution in [1.29, 1.82) is 0 Å². The van der Waals surface area contributed by atoms with Crippen LogP contribution in [0.4, 0.5) is 0 Å². The number of aliphatic hydroxyl groups is 1. The van der Waals surface area contributed by atoms with Gasteiger partial charge in [0.1, 0.15) is 0 Å². The number of fused-ring (bicyclic) bond motifs is 1. The summed E-state index contributed by atoms with van der Waals surface area (Å²) >= 11 is 0. The first-order chi connectivity index (χ1) is 9.65. The van der Waals surface area contributed by atoms with Crippen LogP contribution in [0.1, 0.15) is 36.9 Å². The van der Waals surface area contributed by atoms with Crippen molar-refractivity contribution in [3.63, 3.8) is 0 Å². The Hall–Kier alpha value is -1.39. The van der Waals surface area contributed by atoms with Gasteiger partial charge < -0.3 is 15.3 Å². The van der Waals surface area contributed by atoms with Crippen molar-refractivity contribution in [2.75, 3.05) is 13.1 Å². The van der Waals surface area contributed by atoms with Crippen LogP contribution in [0, 0.1) is 0 Å². The van der Waals surface area contributed by atoms with Crippen LogP contribution >= 0.6 is 0 Å². The van der Waals surface area contributed by atoms with Gasteiger partial charge in [0.05, 0.1) is 12.1 Å². The second-order valence-corrected chi connectivity index (χ2v) is 5.89. The van der Waals surface area contributed by atoms with E-state index in [0.717, 1.165) is 32.4 Å². The third-order valence-electron chi connectivity index (χ3n) is 4.56. The first-order valence-corrected chi connectivity index (χ1v) is 7.42. The number of amides is 1. The van der Waals surface area contributed by atoms with E-state index >= 15 is 0 Å². The molecule has 2 unspecified atom stereocenters. The summed E-state index contributed by atoms with van der Waals surface area (Å²) in [5, 5.41) is 13.8. The van der Waals surface area contributed by atoms with Gasteiger partial charge in [-0.3, -0.25) is 4.79 Å². The van der Waals surface area contributed by atoms with Gasteiger partial charge in [-0.05, 0) is 24.0 Å². The standard InChI is InChI=1S/C16H22N2O2/c1-11(19)18-8-6-13(7-9-18)17-16-14-5-3-2-4-12(14)10-15(16)20/h2-5,13,15-17,20H,6-10H2,1H3. The zero-order chi connectivity index (χ0) is 14.1. The number of carbonyl (C=O) groups excluding carboxylic acids is 1. The van der Waals surface area contributed by atoms with Crippen LogP contribution < -0.4 is 5.32 Å². The zero-order valence-electron chi connectivity index (χ0n) is 11.9. The second-order valence-electron chi connectivity index (χ2n) is 5.89. The number of carbonyl (C=O) groups is 1. The molecular formula is C16H22N2O2. The van der Waals surface area contributed by atoms with Gasteiger partial charge in [-0.25, -0.2) is 0 Å². The molecule has 1 aliphatic heterocycles. The molecule has 2 aliphatic rings. The van der Waals surface area contributed by atoms with E-state index in [9.17, 15) is 9.90 Å². The summed E-state index contributed by atoms with van der Waals surface area (Å²) in [6.07, 6.45) is 2.33. The van der Waals surface area contributed by atoms with Crippen LogP contribution in [0.2, 0.25) is 0 Å². The predicted octanol–water partition coefficient (Wildman–Crippen LogP) is 1.25. The number of benzene rings is 1. The lowest BCUT2D eigenvalue weighted by atomic mass is 10.0. The van der Waals surface area contributed by atoms with E-state index in [2.05, 4.69) is 17.4 Å². The molecule has 1 aromatic rings. The molecule has 0 aromatic heterocycles. The average Bonchev–Trinajstić information content (AvgIpc) is 2.76. The van der Waals surface area contributed by atoms with Gasteiger partial charge in [-0.15, -0.1) is 0 Å². The lowest BCUT2D eigenvalue weighted by Crippen LogP contribution is -2.46. The minimum absolute atomic E-state index is 0.0417. The molecule has 108 valence electrons. The van der Waals surface area contributed by atoms with E-state index in [1.807, 2.05) is 17.0 Å². The lowest BCUT2D eigenvalue weighted by Gasteiger charge is -2.34. The second kappa shape index (κ2) is 5.54. The summed E-state index contributed by atoms with van der Waals surface area (Å²) in [6.45, 7) is 3.26. The number of hydrogen-bond donors (Lipinski definition) is 2. The summed E-state index contributed by atoms with van der Waals surface area (Å²) in [6, 6.07) is 8.69. The quantitative estimate of drug-likeness (QED) is 0.853. The first-order valence-electron chi connectivity index (χ1n) is 7.42. The average molecular weight is 274 g/mol. The predicted molar refractivity (Wildman–Crippen MR) is 77.3 cm³/mol. The summed E-state index contributed by atoms with van der Waals surface area (Å²) in [7, 11) is 0. The maximum Gasteiger partial charge on any atom is 0.219 e. The van der Waals surface area contributed by atoms with E-state index in [1.165, 1.54) is 11.1 Å². The normalized spacial score (nSPS) is 26.6. The Morgan fingerprint density at radius 3 is 2.70 bits per heavy atom. The Kier molecular flexibility index (Phi) is 3.76. The van der Waals surface area contributed by atoms with Gasteiger partial charge in [0.25, 0.3) is 0 Å². The first kappa shape index (κ1) is 13.6. The molecule has 3 rings (SSSR count). The highest BCUT2D eigenvalue weighted by Gasteiger charge is 2.33. The summed E-state index contributed by atoms with van der Waals surface area (Å²) in [4.78, 5) is 13.2. The van der Waals surface area contributed by atoms with Crippen LogP contribution in [0.3, 0.4) is 0 Å². The lowest BCUT2D eigenvalue weighted by molar-refractivity contribution is -0.129. The molecular weight excluding hydrogens is 252 g/mol. The van der Waals surface area contributed by atoms with Crippen molar-refractivity contribution in [2.45, 2.75) is 44.4 Å². The highest BCUT2D eigenvalue weighted by molar-refractivity contribution is 5.73. The van der Waals surface area contributed by atoms with Gasteiger partial charge in [0.15, 0.2) is 0 Å². The Labute approximate surface area is 119 Å². The minimum Gasteiger partial charge on any atom is -0.391 e. The van der Waals surface area contributed by atoms with Crippen molar-refractivity contribution in [3.05, 3.63) is 35.4 Å². The van der Waals surface area contributed by atoms with E-state index in [1.54, 1.807) is 6.92 Å². The van der Waals surface area contributed by atoms with Crippen molar-refractivity contribution < 1.29 is 9.90 Å². The molecule has 4 nitrogen and oxygen atoms in total. The fraction of sp³-hybridized carbons (Fsp3) is 0.562. The molecule has 0 bridgehead atoms. The van der Waals surface area contributed by atoms with Gasteiger partial charge in [0.2, 0.25) is 5.91 Å². The van der Waals surface area contributed by atoms with Gasteiger partial charge >= 0.3 is 0 Å². The van der Waals surface area contributed by atoms with E-state index in [0.29, 0.717) is 6.04 Å². The molecule has 0 spiro atoms. The number of likely N-dealkylation sites (tertiary alicyclic amines) is 1. The van der Waals surface area contributed by atoms with Crippen molar-refractivity contribution in [3.8, 4) is 0 Å². The van der Waals surface area contributed by atoms with Crippen LogP contribution in [0.15, 0.2) is 24.3 Å². The number of rotatable bonds is 2. The molecule has 2 atom stereocenters. The SMILES string of the molecule is CC(=O)N1CCC(NC2c3ccccc3CC2O)CC1. The van der Waals surface area contributed by atoms with E-state index in [4.69, 9.17) is 0 Å². The van der Waals surface area contributed by atoms with Gasteiger partial charge in [-0.2, -0.15) is 0 Å². The Balaban J connectivity index is 1.63. The Morgan fingerprint density at radius 1 is 1.30 bits per heavy atom. The zero-order valence-corrected chi connectivity index (χ0v) is 11.9. The molecule has 0 saturated carbocycles. The maximum atomic E-state index is 11.3. The molecule has 2 N–H and O–H groups in total. The van der Waals surface area contributed by atoms with Gasteiger partial charge in [-0.1, -0.05) is 24.3 Å². The largest absolute Gasteiger partial charge is 0.391 e. The third-order valence-corrected chi connectivity index (χ3v) is 4.56. The van der Waals surface area contributed by atoms with Crippen LogP contribution in [0.5, 0.6) is 0 Å². The molecule has 4 heteroatoms. The number of piperidine rings is 1. The minimum atomic E-state index is -0.335. The highest BCUT2D eigenvalue weighted by Crippen LogP contribution is 2.32. The highest BCUT2D eigenvalue weighted by atomic mass is 16.3. The Morgan fingerprint density at radius 2 is 2.00 bits per heavy atom. The fourth-order valence-corrected chi connectivity index (χ4v) is 3.39. The molecule has 1 fully saturated rings. The summed E-state index contributed by atoms with van der Waals surface area (Å²) in [5.41, 5.74) is 2.48. The molecule has 20 heavy (non-hydrogen) atoms. The molecule has 1 aliphatic carbocycles. The van der Waals surface area contributed by atoms with Crippen LogP contribution in [-0.4, -0.2) is 41.1 Å². The number of nitrogens with zero attached hydrogens (tertiary/aromatic N) is 1. The number of hydrogen-bond acceptors (Lipinski definition) is 3. The molecule has 1 heterocycles. The molecule has 1 saturated heterocycles. The van der Waals surface area contributed by atoms with Gasteiger partial charge in [0, 0.05) is 32.5 Å². The number of aliphatic hydroxyl groups excluding tert-OH is 1. The Bertz CT molecular complexity index is 495. The number of nitrogens with one attached hydrogen (secondary N) is 1. The van der Waals surface area contributed by atoms with Crippen LogP contribution in [0.25, 0.3) is 0 Å². The smallest absolute Gasteiger partial charge is 0.219 e. The maximum absolute atomic E-state index is 11.3. The fourth-order valence-electron chi connectivity index (χ4n) is 3.39. The van der Waals surface area contributed by atoms with E-state index < -0.39 is 0 Å². The molecule has 1 aromatic carbocycles. The third kappa shape index (κ3) is 2.58. The van der Waals surface area contributed by atoms with Crippen molar-refractivity contribution in [1.82, 2.24) is 10.2 Å². The molecule has 1 amide bonds. The summed E-state index contributed by atoms with van der Waals surface area (Å²) < 4.78 is 0. The van der Waals surface area contributed by atoms with E-state index in [-0.39, 0.29) is 18.1 Å². The topological polar surface area (TPSA) is 52.6 Å². The van der Waals surface area contributed by atoms with Crippen molar-refractivity contribution >= 4 is 5.91 Å². The monoisotopic (exact) mass is 274 g/mol. The molecule has 0 radical (unpaired) electrons. The van der Waals surface area contributed by atoms with Crippen LogP contribution in [-0.2, 0) is 11.2 Å². The van der Waals surface area contributed by atoms with Crippen molar-refractivity contribution in [2.24, 2.45) is 0 Å². The summed E-state index contributed by atoms with van der Waals surface area (Å²) in [5.74, 6) is 0.162.